The van der Waals surface area contributed by atoms with Crippen LogP contribution in [0.1, 0.15) is 58.2 Å². The Balaban J connectivity index is 2.38. The molecule has 0 N–H and O–H groups in total. The number of nitrogens with zero attached hydrogens (tertiary/aromatic N) is 2. The SMILES string of the molecule is CCCCCCCCn1c(C)[n+](CC)c2ccc(S(=O)(=O)C(F)(F)F)cc21. The fourth-order valence-corrected chi connectivity index (χ4v) is 4.26. The van der Waals surface area contributed by atoms with Gasteiger partial charge < -0.3 is 0 Å². The highest BCUT2D eigenvalue weighted by molar-refractivity contribution is 7.92. The molecule has 27 heavy (non-hydrogen) atoms. The fourth-order valence-electron chi connectivity index (χ4n) is 3.47. The van der Waals surface area contributed by atoms with Crippen LogP contribution < -0.4 is 4.57 Å². The standard InChI is InChI=1S/C19H28F3N2O2S/c1-4-6-7-8-9-10-13-24-15(3)23(5-2)17-12-11-16(14-18(17)24)27(25,26)19(20,21)22/h11-12,14H,4-10,13H2,1-3H3/q+1. The first-order valence-electron chi connectivity index (χ1n) is 9.49. The van der Waals surface area contributed by atoms with Crippen LogP contribution in [0.15, 0.2) is 23.1 Å². The van der Waals surface area contributed by atoms with Gasteiger partial charge in [-0.25, -0.2) is 17.6 Å². The molecule has 0 aliphatic rings. The third-order valence-electron chi connectivity index (χ3n) is 4.98. The van der Waals surface area contributed by atoms with Crippen molar-refractivity contribution in [1.82, 2.24) is 4.57 Å². The van der Waals surface area contributed by atoms with Gasteiger partial charge in [-0.1, -0.05) is 32.6 Å². The van der Waals surface area contributed by atoms with E-state index >= 15 is 0 Å². The van der Waals surface area contributed by atoms with Crippen molar-refractivity contribution >= 4 is 20.9 Å². The van der Waals surface area contributed by atoms with Gasteiger partial charge in [-0.05, 0) is 31.9 Å². The van der Waals surface area contributed by atoms with E-state index in [1.165, 1.54) is 25.3 Å². The van der Waals surface area contributed by atoms with Crippen LogP contribution in [-0.2, 0) is 22.9 Å². The zero-order chi connectivity index (χ0) is 20.2. The number of aromatic nitrogens is 2. The van der Waals surface area contributed by atoms with Gasteiger partial charge >= 0.3 is 5.51 Å². The summed E-state index contributed by atoms with van der Waals surface area (Å²) >= 11 is 0. The van der Waals surface area contributed by atoms with E-state index in [0.29, 0.717) is 18.6 Å². The maximum absolute atomic E-state index is 12.9. The molecule has 2 aromatic rings. The van der Waals surface area contributed by atoms with Crippen molar-refractivity contribution in [1.29, 1.82) is 0 Å². The van der Waals surface area contributed by atoms with Crippen molar-refractivity contribution in [3.8, 4) is 0 Å². The van der Waals surface area contributed by atoms with Gasteiger partial charge in [0, 0.05) is 13.0 Å². The number of imidazole rings is 1. The normalized spacial score (nSPS) is 12.8. The molecule has 1 aromatic carbocycles. The van der Waals surface area contributed by atoms with Crippen LogP contribution in [0.2, 0.25) is 0 Å². The van der Waals surface area contributed by atoms with Crippen molar-refractivity contribution < 1.29 is 26.2 Å². The molecular formula is C19H28F3N2O2S+. The quantitative estimate of drug-likeness (QED) is 0.439. The lowest BCUT2D eigenvalue weighted by atomic mass is 10.1. The Morgan fingerprint density at radius 3 is 2.26 bits per heavy atom. The van der Waals surface area contributed by atoms with E-state index in [2.05, 4.69) is 6.92 Å². The van der Waals surface area contributed by atoms with Crippen LogP contribution >= 0.6 is 0 Å². The van der Waals surface area contributed by atoms with Gasteiger partial charge in [0.1, 0.15) is 0 Å². The first kappa shape index (κ1) is 21.7. The average molecular weight is 406 g/mol. The molecule has 0 saturated heterocycles. The second-order valence-corrected chi connectivity index (χ2v) is 8.75. The van der Waals surface area contributed by atoms with Crippen molar-refractivity contribution in [2.24, 2.45) is 0 Å². The van der Waals surface area contributed by atoms with Crippen LogP contribution in [0.25, 0.3) is 11.0 Å². The predicted molar refractivity (Wildman–Crippen MR) is 99.2 cm³/mol. The van der Waals surface area contributed by atoms with Gasteiger partial charge in [-0.3, -0.25) is 0 Å². The Bertz CT molecular complexity index is 886. The lowest BCUT2D eigenvalue weighted by Crippen LogP contribution is -2.35. The first-order chi connectivity index (χ1) is 12.6. The van der Waals surface area contributed by atoms with E-state index in [1.807, 2.05) is 23.0 Å². The van der Waals surface area contributed by atoms with Crippen LogP contribution in [0, 0.1) is 6.92 Å². The summed E-state index contributed by atoms with van der Waals surface area (Å²) in [5.74, 6) is 0.919. The molecule has 0 atom stereocenters. The van der Waals surface area contributed by atoms with Crippen LogP contribution in [0.3, 0.4) is 0 Å². The molecule has 152 valence electrons. The van der Waals surface area contributed by atoms with E-state index in [1.54, 1.807) is 0 Å². The lowest BCUT2D eigenvalue weighted by molar-refractivity contribution is -0.675. The number of unbranched alkanes of at least 4 members (excludes halogenated alkanes) is 5. The van der Waals surface area contributed by atoms with Crippen molar-refractivity contribution in [2.75, 3.05) is 0 Å². The van der Waals surface area contributed by atoms with Crippen molar-refractivity contribution in [3.63, 3.8) is 0 Å². The second kappa shape index (κ2) is 8.63. The molecule has 2 rings (SSSR count). The zero-order valence-electron chi connectivity index (χ0n) is 16.1. The number of halogens is 3. The zero-order valence-corrected chi connectivity index (χ0v) is 17.0. The minimum absolute atomic E-state index is 0.535. The molecular weight excluding hydrogens is 377 g/mol. The summed E-state index contributed by atoms with van der Waals surface area (Å²) in [4.78, 5) is -0.701. The highest BCUT2D eigenvalue weighted by Gasteiger charge is 2.47. The molecule has 0 fully saturated rings. The minimum Gasteiger partial charge on any atom is -0.228 e. The topological polar surface area (TPSA) is 43.0 Å². The largest absolute Gasteiger partial charge is 0.501 e. The van der Waals surface area contributed by atoms with E-state index in [9.17, 15) is 21.6 Å². The number of alkyl halides is 3. The summed E-state index contributed by atoms with van der Waals surface area (Å²) in [6, 6.07) is 3.68. The number of benzene rings is 1. The Morgan fingerprint density at radius 1 is 1.04 bits per heavy atom. The molecule has 0 aliphatic heterocycles. The van der Waals surface area contributed by atoms with E-state index in [4.69, 9.17) is 0 Å². The van der Waals surface area contributed by atoms with E-state index < -0.39 is 20.2 Å². The summed E-state index contributed by atoms with van der Waals surface area (Å²) in [7, 11) is -5.35. The number of hydrogen-bond acceptors (Lipinski definition) is 2. The third kappa shape index (κ3) is 4.47. The van der Waals surface area contributed by atoms with Gasteiger partial charge in [-0.2, -0.15) is 13.2 Å². The van der Waals surface area contributed by atoms with Crippen LogP contribution in [0.4, 0.5) is 13.2 Å². The highest BCUT2D eigenvalue weighted by atomic mass is 32.2. The first-order valence-corrected chi connectivity index (χ1v) is 11.0. The van der Waals surface area contributed by atoms with Crippen molar-refractivity contribution in [2.45, 2.75) is 82.8 Å². The Labute approximate surface area is 158 Å². The molecule has 1 heterocycles. The van der Waals surface area contributed by atoms with Gasteiger partial charge in [0.2, 0.25) is 0 Å². The van der Waals surface area contributed by atoms with E-state index in [-0.39, 0.29) is 0 Å². The van der Waals surface area contributed by atoms with Gasteiger partial charge in [0.15, 0.2) is 11.0 Å². The van der Waals surface area contributed by atoms with Crippen LogP contribution in [-0.4, -0.2) is 18.5 Å². The summed E-state index contributed by atoms with van der Waals surface area (Å²) in [5.41, 5.74) is -4.01. The molecule has 0 aliphatic carbocycles. The maximum atomic E-state index is 12.9. The Kier molecular flexibility index (Phi) is 6.94. The number of rotatable bonds is 9. The summed E-state index contributed by atoms with van der Waals surface area (Å²) < 4.78 is 66.3. The lowest BCUT2D eigenvalue weighted by Gasteiger charge is -2.07. The summed E-state index contributed by atoms with van der Waals surface area (Å²) in [6.45, 7) is 7.36. The highest BCUT2D eigenvalue weighted by Crippen LogP contribution is 2.31. The number of hydrogen-bond donors (Lipinski definition) is 0. The fraction of sp³-hybridized carbons (Fsp3) is 0.632. The molecule has 0 bridgehead atoms. The maximum Gasteiger partial charge on any atom is 0.501 e. The van der Waals surface area contributed by atoms with Crippen molar-refractivity contribution in [3.05, 3.63) is 24.0 Å². The second-order valence-electron chi connectivity index (χ2n) is 6.81. The Hall–Kier alpha value is -1.57. The van der Waals surface area contributed by atoms with Crippen LogP contribution in [0.5, 0.6) is 0 Å². The minimum atomic E-state index is -5.35. The predicted octanol–water partition coefficient (Wildman–Crippen LogP) is 4.91. The number of sulfone groups is 1. The molecule has 0 amide bonds. The van der Waals surface area contributed by atoms with Gasteiger partial charge in [0.05, 0.1) is 18.0 Å². The van der Waals surface area contributed by atoms with Gasteiger partial charge in [-0.15, -0.1) is 0 Å². The third-order valence-corrected chi connectivity index (χ3v) is 6.46. The molecule has 0 radical (unpaired) electrons. The monoisotopic (exact) mass is 405 g/mol. The molecule has 4 nitrogen and oxygen atoms in total. The molecule has 0 unspecified atom stereocenters. The van der Waals surface area contributed by atoms with Gasteiger partial charge in [0.25, 0.3) is 15.7 Å². The molecule has 1 aromatic heterocycles. The summed E-state index contributed by atoms with van der Waals surface area (Å²) in [5, 5.41) is 0. The smallest absolute Gasteiger partial charge is 0.228 e. The van der Waals surface area contributed by atoms with E-state index in [0.717, 1.165) is 42.7 Å². The molecule has 0 spiro atoms. The number of fused-ring (bicyclic) bond motifs is 1. The summed E-state index contributed by atoms with van der Waals surface area (Å²) in [6.07, 6.45) is 6.66. The molecule has 8 heteroatoms. The molecule has 0 saturated carbocycles. The Morgan fingerprint density at radius 2 is 1.67 bits per heavy atom. The average Bonchev–Trinajstić information content (AvgIpc) is 2.87. The number of aryl methyl sites for hydroxylation is 2.